The molecule has 12 heavy (non-hydrogen) atoms. The van der Waals surface area contributed by atoms with Crippen LogP contribution in [-0.4, -0.2) is 5.11 Å². The Hall–Kier alpha value is -0.980. The van der Waals surface area contributed by atoms with Gasteiger partial charge in [0.2, 0.25) is 0 Å². The molecule has 0 saturated carbocycles. The maximum atomic E-state index is 9.55. The van der Waals surface area contributed by atoms with Gasteiger partial charge in [0.05, 0.1) is 0 Å². The summed E-state index contributed by atoms with van der Waals surface area (Å²) in [7, 11) is 0. The van der Waals surface area contributed by atoms with Gasteiger partial charge in [-0.3, -0.25) is 0 Å². The molecule has 66 valence electrons. The van der Waals surface area contributed by atoms with E-state index in [0.717, 1.165) is 24.8 Å². The first-order chi connectivity index (χ1) is 5.77. The average molecular weight is 164 g/mol. The second kappa shape index (κ2) is 4.15. The first-order valence-corrected chi connectivity index (χ1v) is 4.58. The van der Waals surface area contributed by atoms with E-state index in [4.69, 9.17) is 0 Å². The summed E-state index contributed by atoms with van der Waals surface area (Å²) in [5, 5.41) is 9.55. The summed E-state index contributed by atoms with van der Waals surface area (Å²) in [6.45, 7) is 4.21. The maximum Gasteiger partial charge on any atom is 0.119 e. The molecule has 0 fully saturated rings. The summed E-state index contributed by atoms with van der Waals surface area (Å²) in [5.74, 6) is 0.455. The molecule has 1 heteroatoms. The van der Waals surface area contributed by atoms with Crippen molar-refractivity contribution in [3.8, 4) is 5.75 Å². The Kier molecular flexibility index (Phi) is 3.15. The van der Waals surface area contributed by atoms with E-state index in [-0.39, 0.29) is 0 Å². The van der Waals surface area contributed by atoms with Crippen molar-refractivity contribution < 1.29 is 5.11 Å². The van der Waals surface area contributed by atoms with Gasteiger partial charge >= 0.3 is 0 Å². The van der Waals surface area contributed by atoms with E-state index >= 15 is 0 Å². The lowest BCUT2D eigenvalue weighted by Gasteiger charge is -2.04. The van der Waals surface area contributed by atoms with Gasteiger partial charge in [0.15, 0.2) is 0 Å². The molecular weight excluding hydrogens is 148 g/mol. The topological polar surface area (TPSA) is 20.2 Å². The van der Waals surface area contributed by atoms with Crippen molar-refractivity contribution in [2.45, 2.75) is 33.1 Å². The van der Waals surface area contributed by atoms with Crippen LogP contribution >= 0.6 is 0 Å². The number of benzene rings is 1. The van der Waals surface area contributed by atoms with E-state index in [1.54, 1.807) is 0 Å². The smallest absolute Gasteiger partial charge is 0.119 e. The Morgan fingerprint density at radius 3 is 2.50 bits per heavy atom. The molecule has 0 bridgehead atoms. The third-order valence-corrected chi connectivity index (χ3v) is 2.08. The molecule has 1 nitrogen and oxygen atoms in total. The van der Waals surface area contributed by atoms with Gasteiger partial charge in [-0.2, -0.15) is 0 Å². The van der Waals surface area contributed by atoms with Crippen LogP contribution in [-0.2, 0) is 12.8 Å². The Morgan fingerprint density at radius 2 is 2.00 bits per heavy atom. The van der Waals surface area contributed by atoms with Gasteiger partial charge in [-0.25, -0.2) is 0 Å². The van der Waals surface area contributed by atoms with Gasteiger partial charge < -0.3 is 5.11 Å². The second-order valence-electron chi connectivity index (χ2n) is 3.07. The van der Waals surface area contributed by atoms with Crippen LogP contribution in [0.4, 0.5) is 0 Å². The fraction of sp³-hybridized carbons (Fsp3) is 0.455. The van der Waals surface area contributed by atoms with Crippen LogP contribution in [0.2, 0.25) is 0 Å². The Balaban J connectivity index is 2.87. The van der Waals surface area contributed by atoms with Crippen LogP contribution in [0.3, 0.4) is 0 Å². The first-order valence-electron chi connectivity index (χ1n) is 4.58. The highest BCUT2D eigenvalue weighted by Crippen LogP contribution is 2.20. The Morgan fingerprint density at radius 1 is 1.25 bits per heavy atom. The molecule has 0 unspecified atom stereocenters. The lowest BCUT2D eigenvalue weighted by atomic mass is 10.1. The zero-order valence-electron chi connectivity index (χ0n) is 7.80. The number of phenolic OH excluding ortho intramolecular Hbond substituents is 1. The normalized spacial score (nSPS) is 10.2. The second-order valence-corrected chi connectivity index (χ2v) is 3.07. The minimum absolute atomic E-state index is 0.455. The highest BCUT2D eigenvalue weighted by Gasteiger charge is 1.99. The molecule has 1 aromatic rings. The zero-order valence-corrected chi connectivity index (χ0v) is 7.80. The number of aromatic hydroxyl groups is 1. The number of rotatable bonds is 3. The maximum absolute atomic E-state index is 9.55. The van der Waals surface area contributed by atoms with E-state index < -0.39 is 0 Å². The summed E-state index contributed by atoms with van der Waals surface area (Å²) >= 11 is 0. The van der Waals surface area contributed by atoms with Crippen LogP contribution in [0.15, 0.2) is 18.2 Å². The molecule has 1 aromatic carbocycles. The van der Waals surface area contributed by atoms with Crippen LogP contribution in [0.25, 0.3) is 0 Å². The summed E-state index contributed by atoms with van der Waals surface area (Å²) in [6.07, 6.45) is 3.04. The third kappa shape index (κ3) is 2.00. The molecule has 0 aliphatic rings. The standard InChI is InChI=1S/C11H16O/c1-3-5-10-7-6-9(4-2)8-11(10)12/h6-8,12H,3-5H2,1-2H3. The van der Waals surface area contributed by atoms with E-state index in [1.807, 2.05) is 12.1 Å². The van der Waals surface area contributed by atoms with Crippen molar-refractivity contribution in [1.82, 2.24) is 0 Å². The summed E-state index contributed by atoms with van der Waals surface area (Å²) < 4.78 is 0. The van der Waals surface area contributed by atoms with E-state index in [2.05, 4.69) is 19.9 Å². The molecule has 0 saturated heterocycles. The molecular formula is C11H16O. The quantitative estimate of drug-likeness (QED) is 0.728. The largest absolute Gasteiger partial charge is 0.508 e. The molecule has 1 N–H and O–H groups in total. The van der Waals surface area contributed by atoms with Crippen molar-refractivity contribution in [2.24, 2.45) is 0 Å². The fourth-order valence-corrected chi connectivity index (χ4v) is 1.31. The summed E-state index contributed by atoms with van der Waals surface area (Å²) in [5.41, 5.74) is 2.27. The highest BCUT2D eigenvalue weighted by molar-refractivity contribution is 5.36. The summed E-state index contributed by atoms with van der Waals surface area (Å²) in [4.78, 5) is 0. The predicted octanol–water partition coefficient (Wildman–Crippen LogP) is 2.91. The van der Waals surface area contributed by atoms with Crippen molar-refractivity contribution in [3.63, 3.8) is 0 Å². The summed E-state index contributed by atoms with van der Waals surface area (Å²) in [6, 6.07) is 5.98. The third-order valence-electron chi connectivity index (χ3n) is 2.08. The van der Waals surface area contributed by atoms with Crippen LogP contribution in [0, 0.1) is 0 Å². The van der Waals surface area contributed by atoms with Crippen molar-refractivity contribution >= 4 is 0 Å². The Labute approximate surface area is 74.1 Å². The zero-order chi connectivity index (χ0) is 8.97. The first kappa shape index (κ1) is 9.11. The minimum atomic E-state index is 0.455. The lowest BCUT2D eigenvalue weighted by Crippen LogP contribution is -1.86. The Bertz CT molecular complexity index is 253. The molecule has 0 aromatic heterocycles. The van der Waals surface area contributed by atoms with Gasteiger partial charge in [0.1, 0.15) is 5.75 Å². The fourth-order valence-electron chi connectivity index (χ4n) is 1.31. The number of phenols is 1. The molecule has 1 rings (SSSR count). The van der Waals surface area contributed by atoms with Gasteiger partial charge in [0, 0.05) is 0 Å². The molecule has 0 aliphatic carbocycles. The molecule has 0 amide bonds. The molecule has 0 atom stereocenters. The molecule has 0 aliphatic heterocycles. The molecule has 0 spiro atoms. The monoisotopic (exact) mass is 164 g/mol. The van der Waals surface area contributed by atoms with Crippen LogP contribution < -0.4 is 0 Å². The van der Waals surface area contributed by atoms with Crippen LogP contribution in [0.5, 0.6) is 5.75 Å². The number of aryl methyl sites for hydroxylation is 2. The average Bonchev–Trinajstić information content (AvgIpc) is 2.09. The van der Waals surface area contributed by atoms with Crippen molar-refractivity contribution in [1.29, 1.82) is 0 Å². The van der Waals surface area contributed by atoms with E-state index in [9.17, 15) is 5.11 Å². The van der Waals surface area contributed by atoms with Crippen LogP contribution in [0.1, 0.15) is 31.4 Å². The van der Waals surface area contributed by atoms with E-state index in [0.29, 0.717) is 5.75 Å². The van der Waals surface area contributed by atoms with Crippen molar-refractivity contribution in [2.75, 3.05) is 0 Å². The van der Waals surface area contributed by atoms with Gasteiger partial charge in [-0.15, -0.1) is 0 Å². The number of hydrogen-bond donors (Lipinski definition) is 1. The molecule has 0 radical (unpaired) electrons. The molecule has 0 heterocycles. The lowest BCUT2D eigenvalue weighted by molar-refractivity contribution is 0.467. The van der Waals surface area contributed by atoms with Gasteiger partial charge in [-0.1, -0.05) is 32.4 Å². The van der Waals surface area contributed by atoms with Crippen molar-refractivity contribution in [3.05, 3.63) is 29.3 Å². The number of hydrogen-bond acceptors (Lipinski definition) is 1. The van der Waals surface area contributed by atoms with Gasteiger partial charge in [-0.05, 0) is 30.0 Å². The van der Waals surface area contributed by atoms with E-state index in [1.165, 1.54) is 5.56 Å². The SMILES string of the molecule is CCCc1ccc(CC)cc1O. The minimum Gasteiger partial charge on any atom is -0.508 e. The predicted molar refractivity (Wildman–Crippen MR) is 51.5 cm³/mol. The van der Waals surface area contributed by atoms with Gasteiger partial charge in [0.25, 0.3) is 0 Å². The highest BCUT2D eigenvalue weighted by atomic mass is 16.3.